The maximum absolute atomic E-state index is 12.7. The Morgan fingerprint density at radius 3 is 2.64 bits per heavy atom. The number of anilines is 1. The van der Waals surface area contributed by atoms with Gasteiger partial charge < -0.3 is 14.5 Å². The number of aromatic nitrogens is 1. The summed E-state index contributed by atoms with van der Waals surface area (Å²) in [4.78, 5) is 17.0. The fourth-order valence-electron chi connectivity index (χ4n) is 4.01. The van der Waals surface area contributed by atoms with Crippen LogP contribution in [0.5, 0.6) is 5.75 Å². The number of benzene rings is 2. The highest BCUT2D eigenvalue weighted by Gasteiger charge is 2.16. The quantitative estimate of drug-likeness (QED) is 0.333. The molecule has 2 aromatic heterocycles. The molecule has 0 saturated carbocycles. The van der Waals surface area contributed by atoms with Gasteiger partial charge in [0, 0.05) is 34.3 Å². The van der Waals surface area contributed by atoms with Gasteiger partial charge in [-0.25, -0.2) is 4.98 Å². The Morgan fingerprint density at radius 1 is 1.09 bits per heavy atom. The van der Waals surface area contributed by atoms with E-state index in [-0.39, 0.29) is 5.91 Å². The molecule has 5 nitrogen and oxygen atoms in total. The van der Waals surface area contributed by atoms with E-state index >= 15 is 0 Å². The molecule has 0 saturated heterocycles. The molecule has 0 aliphatic heterocycles. The number of nitrogens with zero attached hydrogens (tertiary/aromatic N) is 1. The van der Waals surface area contributed by atoms with Crippen molar-refractivity contribution in [2.75, 3.05) is 11.9 Å². The summed E-state index contributed by atoms with van der Waals surface area (Å²) in [6, 6.07) is 15.9. The minimum absolute atomic E-state index is 0.241. The van der Waals surface area contributed by atoms with Crippen LogP contribution >= 0.6 is 0 Å². The zero-order valence-electron chi connectivity index (χ0n) is 19.7. The van der Waals surface area contributed by atoms with Crippen molar-refractivity contribution in [1.29, 1.82) is 0 Å². The molecule has 33 heavy (non-hydrogen) atoms. The SMILES string of the molecule is CCOc1cc2occ(-c3ccc(C)cc3C)c2cc1/C(C)=C/C(=O)Nc1cccc(C)n1. The Labute approximate surface area is 194 Å². The van der Waals surface area contributed by atoms with Gasteiger partial charge in [-0.2, -0.15) is 0 Å². The number of rotatable bonds is 6. The first-order valence-electron chi connectivity index (χ1n) is 11.0. The number of ether oxygens (including phenoxy) is 1. The molecular weight excluding hydrogens is 412 g/mol. The monoisotopic (exact) mass is 440 g/mol. The average Bonchev–Trinajstić information content (AvgIpc) is 3.16. The van der Waals surface area contributed by atoms with E-state index in [9.17, 15) is 4.79 Å². The molecule has 1 amide bonds. The zero-order valence-corrected chi connectivity index (χ0v) is 19.7. The first-order valence-corrected chi connectivity index (χ1v) is 11.0. The van der Waals surface area contributed by atoms with Crippen molar-refractivity contribution in [3.05, 3.63) is 83.3 Å². The molecule has 2 heterocycles. The van der Waals surface area contributed by atoms with E-state index in [1.807, 2.05) is 45.0 Å². The van der Waals surface area contributed by atoms with Crippen LogP contribution in [0.25, 0.3) is 27.7 Å². The minimum Gasteiger partial charge on any atom is -0.493 e. The summed E-state index contributed by atoms with van der Waals surface area (Å²) in [5.74, 6) is 0.966. The second-order valence-corrected chi connectivity index (χ2v) is 8.23. The first kappa shape index (κ1) is 22.3. The predicted octanol–water partition coefficient (Wildman–Crippen LogP) is 6.86. The van der Waals surface area contributed by atoms with Gasteiger partial charge in [-0.05, 0) is 69.5 Å². The van der Waals surface area contributed by atoms with E-state index < -0.39 is 0 Å². The topological polar surface area (TPSA) is 64.4 Å². The Balaban J connectivity index is 1.75. The summed E-state index contributed by atoms with van der Waals surface area (Å²) >= 11 is 0. The molecule has 2 aromatic carbocycles. The molecule has 4 rings (SSSR count). The third-order valence-corrected chi connectivity index (χ3v) is 5.56. The van der Waals surface area contributed by atoms with Crippen molar-refractivity contribution in [2.24, 2.45) is 0 Å². The maximum Gasteiger partial charge on any atom is 0.249 e. The Kier molecular flexibility index (Phi) is 6.31. The summed E-state index contributed by atoms with van der Waals surface area (Å²) in [7, 11) is 0. The number of aryl methyl sites for hydroxylation is 3. The summed E-state index contributed by atoms with van der Waals surface area (Å²) in [6.45, 7) is 10.4. The minimum atomic E-state index is -0.241. The van der Waals surface area contributed by atoms with Crippen LogP contribution < -0.4 is 10.1 Å². The van der Waals surface area contributed by atoms with Gasteiger partial charge in [-0.15, -0.1) is 0 Å². The van der Waals surface area contributed by atoms with E-state index in [0.717, 1.165) is 38.9 Å². The number of amides is 1. The van der Waals surface area contributed by atoms with E-state index in [4.69, 9.17) is 9.15 Å². The summed E-state index contributed by atoms with van der Waals surface area (Å²) in [6.07, 6.45) is 3.36. The van der Waals surface area contributed by atoms with Crippen LogP contribution in [0.3, 0.4) is 0 Å². The lowest BCUT2D eigenvalue weighted by Gasteiger charge is -2.12. The highest BCUT2D eigenvalue weighted by atomic mass is 16.5. The lowest BCUT2D eigenvalue weighted by atomic mass is 9.96. The molecule has 0 spiro atoms. The van der Waals surface area contributed by atoms with Crippen LogP contribution in [0.15, 0.2) is 65.3 Å². The smallest absolute Gasteiger partial charge is 0.249 e. The average molecular weight is 441 g/mol. The number of hydrogen-bond donors (Lipinski definition) is 1. The largest absolute Gasteiger partial charge is 0.493 e. The van der Waals surface area contributed by atoms with Crippen molar-refractivity contribution in [3.63, 3.8) is 0 Å². The predicted molar refractivity (Wildman–Crippen MR) is 134 cm³/mol. The molecular formula is C28H28N2O3. The van der Waals surface area contributed by atoms with Gasteiger partial charge in [0.25, 0.3) is 0 Å². The van der Waals surface area contributed by atoms with Gasteiger partial charge in [0.05, 0.1) is 12.9 Å². The summed E-state index contributed by atoms with van der Waals surface area (Å²) < 4.78 is 11.8. The molecule has 4 aromatic rings. The molecule has 0 bridgehead atoms. The van der Waals surface area contributed by atoms with Crippen molar-refractivity contribution < 1.29 is 13.9 Å². The van der Waals surface area contributed by atoms with Crippen LogP contribution in [-0.2, 0) is 4.79 Å². The lowest BCUT2D eigenvalue weighted by Crippen LogP contribution is -2.10. The number of carbonyl (C=O) groups is 1. The summed E-state index contributed by atoms with van der Waals surface area (Å²) in [5.41, 5.74) is 7.78. The van der Waals surface area contributed by atoms with Crippen LogP contribution in [-0.4, -0.2) is 17.5 Å². The molecule has 0 unspecified atom stereocenters. The normalized spacial score (nSPS) is 11.6. The van der Waals surface area contributed by atoms with Crippen molar-refractivity contribution in [3.8, 4) is 16.9 Å². The zero-order chi connectivity index (χ0) is 23.5. The molecule has 0 fully saturated rings. The fourth-order valence-corrected chi connectivity index (χ4v) is 4.01. The van der Waals surface area contributed by atoms with Crippen LogP contribution in [0.2, 0.25) is 0 Å². The van der Waals surface area contributed by atoms with Crippen LogP contribution in [0.4, 0.5) is 5.82 Å². The highest BCUT2D eigenvalue weighted by Crippen LogP contribution is 2.38. The number of allylic oxidation sites excluding steroid dienone is 1. The second kappa shape index (κ2) is 9.33. The molecule has 0 aliphatic carbocycles. The maximum atomic E-state index is 12.7. The van der Waals surface area contributed by atoms with E-state index in [2.05, 4.69) is 42.3 Å². The number of pyridine rings is 1. The fraction of sp³-hybridized carbons (Fsp3) is 0.214. The molecule has 168 valence electrons. The lowest BCUT2D eigenvalue weighted by molar-refractivity contribution is -0.111. The van der Waals surface area contributed by atoms with Crippen LogP contribution in [0, 0.1) is 20.8 Å². The number of fused-ring (bicyclic) bond motifs is 1. The number of furan rings is 1. The van der Waals surface area contributed by atoms with Crippen molar-refractivity contribution in [1.82, 2.24) is 4.98 Å². The Hall–Kier alpha value is -3.86. The van der Waals surface area contributed by atoms with E-state index in [1.54, 1.807) is 18.4 Å². The molecule has 0 atom stereocenters. The third kappa shape index (κ3) is 4.82. The Morgan fingerprint density at radius 2 is 1.91 bits per heavy atom. The number of carbonyl (C=O) groups excluding carboxylic acids is 1. The number of nitrogens with one attached hydrogen (secondary N) is 1. The van der Waals surface area contributed by atoms with Gasteiger partial charge >= 0.3 is 0 Å². The standard InChI is InChI=1S/C28H28N2O3/c1-6-32-25-15-26-23(24(16-33-26)21-11-10-17(2)12-18(21)3)14-22(25)19(4)13-28(31)30-27-9-7-8-20(5)29-27/h7-16H,6H2,1-5H3,(H,29,30,31)/b19-13+. The third-order valence-electron chi connectivity index (χ3n) is 5.56. The van der Waals surface area contributed by atoms with Gasteiger partial charge in [0.2, 0.25) is 5.91 Å². The molecule has 0 aliphatic rings. The van der Waals surface area contributed by atoms with Gasteiger partial charge in [-0.1, -0.05) is 29.8 Å². The summed E-state index contributed by atoms with van der Waals surface area (Å²) in [5, 5.41) is 3.81. The van der Waals surface area contributed by atoms with Gasteiger partial charge in [-0.3, -0.25) is 4.79 Å². The molecule has 5 heteroatoms. The molecule has 1 N–H and O–H groups in total. The van der Waals surface area contributed by atoms with Crippen molar-refractivity contribution >= 4 is 28.3 Å². The first-order chi connectivity index (χ1) is 15.9. The molecule has 0 radical (unpaired) electrons. The van der Waals surface area contributed by atoms with E-state index in [1.165, 1.54) is 11.1 Å². The van der Waals surface area contributed by atoms with Gasteiger partial charge in [0.15, 0.2) is 0 Å². The van der Waals surface area contributed by atoms with E-state index in [0.29, 0.717) is 18.2 Å². The van der Waals surface area contributed by atoms with Crippen LogP contribution in [0.1, 0.15) is 36.2 Å². The highest BCUT2D eigenvalue weighted by molar-refractivity contribution is 6.05. The Bertz CT molecular complexity index is 1370. The second-order valence-electron chi connectivity index (χ2n) is 8.23. The number of hydrogen-bond acceptors (Lipinski definition) is 4. The van der Waals surface area contributed by atoms with Crippen molar-refractivity contribution in [2.45, 2.75) is 34.6 Å². The van der Waals surface area contributed by atoms with Gasteiger partial charge in [0.1, 0.15) is 17.2 Å².